The molecule has 29 heavy (non-hydrogen) atoms. The Labute approximate surface area is 167 Å². The molecule has 2 rings (SSSR count). The van der Waals surface area contributed by atoms with Crippen molar-refractivity contribution in [2.24, 2.45) is 0 Å². The van der Waals surface area contributed by atoms with Crippen molar-refractivity contribution in [3.8, 4) is 11.5 Å². The van der Waals surface area contributed by atoms with Crippen LogP contribution in [0.5, 0.6) is 11.5 Å². The van der Waals surface area contributed by atoms with Crippen molar-refractivity contribution in [3.05, 3.63) is 64.3 Å². The van der Waals surface area contributed by atoms with Crippen molar-refractivity contribution < 1.29 is 40.2 Å². The van der Waals surface area contributed by atoms with Crippen LogP contribution in [0.25, 0.3) is 6.08 Å². The Balaban J connectivity index is 0.000000291. The number of carbonyl (C=O) groups is 2. The van der Waals surface area contributed by atoms with Gasteiger partial charge in [-0.15, -0.1) is 0 Å². The summed E-state index contributed by atoms with van der Waals surface area (Å²) in [5, 5.41) is 54.8. The summed E-state index contributed by atoms with van der Waals surface area (Å²) in [5.41, 5.74) is 0.979. The maximum atomic E-state index is 11.7. The number of carbonyl (C=O) groups excluding carboxylic acids is 2. The van der Waals surface area contributed by atoms with Crippen LogP contribution < -0.4 is 0 Å². The van der Waals surface area contributed by atoms with Crippen LogP contribution in [0, 0.1) is 0 Å². The fraction of sp³-hybridized carbons (Fsp3) is 0.238. The lowest BCUT2D eigenvalue weighted by Gasteiger charge is -2.18. The van der Waals surface area contributed by atoms with Crippen molar-refractivity contribution in [2.75, 3.05) is 13.2 Å². The third kappa shape index (κ3) is 4.69. The van der Waals surface area contributed by atoms with Crippen LogP contribution in [0.15, 0.2) is 47.6 Å². The van der Waals surface area contributed by atoms with E-state index in [1.165, 1.54) is 25.1 Å². The maximum absolute atomic E-state index is 11.7. The molecule has 0 atom stereocenters. The molecule has 0 aromatic heterocycles. The zero-order valence-electron chi connectivity index (χ0n) is 16.0. The van der Waals surface area contributed by atoms with Crippen LogP contribution in [-0.4, -0.2) is 55.4 Å². The molecule has 1 aliphatic rings. The van der Waals surface area contributed by atoms with Gasteiger partial charge in [-0.2, -0.15) is 0 Å². The molecule has 1 aromatic carbocycles. The second kappa shape index (κ2) is 10.5. The van der Waals surface area contributed by atoms with Crippen LogP contribution >= 0.6 is 0 Å². The van der Waals surface area contributed by atoms with E-state index in [2.05, 4.69) is 13.2 Å². The van der Waals surface area contributed by atoms with Crippen molar-refractivity contribution in [2.45, 2.75) is 20.1 Å². The Kier molecular flexibility index (Phi) is 8.68. The minimum atomic E-state index is -0.551. The van der Waals surface area contributed by atoms with Crippen molar-refractivity contribution >= 4 is 17.6 Å². The number of aliphatic hydroxyl groups is 4. The van der Waals surface area contributed by atoms with Crippen molar-refractivity contribution in [3.63, 3.8) is 0 Å². The van der Waals surface area contributed by atoms with E-state index in [1.54, 1.807) is 0 Å². The Hall–Kier alpha value is -3.04. The fourth-order valence-electron chi connectivity index (χ4n) is 2.81. The minimum absolute atomic E-state index is 0.0226. The van der Waals surface area contributed by atoms with Gasteiger partial charge in [0.2, 0.25) is 0 Å². The summed E-state index contributed by atoms with van der Waals surface area (Å²) in [4.78, 5) is 23.4. The fourth-order valence-corrected chi connectivity index (χ4v) is 2.81. The Morgan fingerprint density at radius 1 is 0.828 bits per heavy atom. The number of ketones is 2. The van der Waals surface area contributed by atoms with Gasteiger partial charge in [-0.1, -0.05) is 25.3 Å². The van der Waals surface area contributed by atoms with E-state index in [9.17, 15) is 19.8 Å². The Morgan fingerprint density at radius 2 is 1.34 bits per heavy atom. The molecule has 0 saturated carbocycles. The van der Waals surface area contributed by atoms with E-state index in [0.717, 1.165) is 0 Å². The van der Waals surface area contributed by atoms with Gasteiger partial charge in [-0.3, -0.25) is 9.59 Å². The van der Waals surface area contributed by atoms with Crippen LogP contribution in [-0.2, 0) is 22.8 Å². The summed E-state index contributed by atoms with van der Waals surface area (Å²) in [6.07, 6.45) is 2.65. The number of hydrogen-bond donors (Lipinski definition) is 6. The summed E-state index contributed by atoms with van der Waals surface area (Å²) < 4.78 is 0. The average Bonchev–Trinajstić information content (AvgIpc) is 2.72. The lowest BCUT2D eigenvalue weighted by Crippen LogP contribution is -2.25. The highest BCUT2D eigenvalue weighted by Crippen LogP contribution is 2.33. The second-order valence-electron chi connectivity index (χ2n) is 5.99. The normalized spacial score (nSPS) is 14.0. The first-order valence-electron chi connectivity index (χ1n) is 8.51. The SMILES string of the molecule is C=CC1=C(C)C(=O)C(CO)=C(CO)C1=O.C=Cc1cc(O)c(CO)c(CO)c1O. The van der Waals surface area contributed by atoms with Gasteiger partial charge in [0, 0.05) is 39.0 Å². The summed E-state index contributed by atoms with van der Waals surface area (Å²) >= 11 is 0. The van der Waals surface area contributed by atoms with Gasteiger partial charge in [-0.25, -0.2) is 0 Å². The topological polar surface area (TPSA) is 156 Å². The average molecular weight is 404 g/mol. The quantitative estimate of drug-likeness (QED) is 0.298. The third-order valence-corrected chi connectivity index (χ3v) is 4.48. The minimum Gasteiger partial charge on any atom is -0.508 e. The predicted octanol–water partition coefficient (Wildman–Crippen LogP) is 0.647. The molecular weight excluding hydrogens is 380 g/mol. The van der Waals surface area contributed by atoms with E-state index in [-0.39, 0.29) is 44.9 Å². The molecule has 1 aromatic rings. The van der Waals surface area contributed by atoms with E-state index >= 15 is 0 Å². The highest BCUT2D eigenvalue weighted by Gasteiger charge is 2.29. The molecule has 0 aliphatic heterocycles. The van der Waals surface area contributed by atoms with Gasteiger partial charge in [0.15, 0.2) is 11.6 Å². The number of allylic oxidation sites excluding steroid dienone is 3. The van der Waals surface area contributed by atoms with E-state index < -0.39 is 38.0 Å². The monoisotopic (exact) mass is 404 g/mol. The van der Waals surface area contributed by atoms with Gasteiger partial charge in [-0.05, 0) is 13.0 Å². The first kappa shape index (κ1) is 24.0. The highest BCUT2D eigenvalue weighted by atomic mass is 16.3. The van der Waals surface area contributed by atoms with Crippen LogP contribution in [0.4, 0.5) is 0 Å². The molecule has 0 fully saturated rings. The van der Waals surface area contributed by atoms with Crippen LogP contribution in [0.3, 0.4) is 0 Å². The van der Waals surface area contributed by atoms with Gasteiger partial charge in [0.1, 0.15) is 11.5 Å². The molecule has 0 unspecified atom stereocenters. The predicted molar refractivity (Wildman–Crippen MR) is 106 cm³/mol. The van der Waals surface area contributed by atoms with E-state index in [4.69, 9.17) is 20.4 Å². The number of phenols is 2. The van der Waals surface area contributed by atoms with Gasteiger partial charge >= 0.3 is 0 Å². The van der Waals surface area contributed by atoms with E-state index in [0.29, 0.717) is 5.56 Å². The number of aliphatic hydroxyl groups excluding tert-OH is 4. The molecule has 8 nitrogen and oxygen atoms in total. The molecule has 0 saturated heterocycles. The van der Waals surface area contributed by atoms with Crippen LogP contribution in [0.2, 0.25) is 0 Å². The Bertz CT molecular complexity index is 906. The molecule has 0 spiro atoms. The zero-order chi connectivity index (χ0) is 22.3. The standard InChI is InChI=1S/C11H12O4.C10H12O4/c1-3-7-6(2)10(14)8(4-12)9(5-13)11(7)15;1-2-6-3-9(13)7(4-11)8(5-12)10(6)14/h3,12-13H,1,4-5H2,2H3;2-3,11-14H,1,4-5H2. The van der Waals surface area contributed by atoms with Crippen molar-refractivity contribution in [1.82, 2.24) is 0 Å². The molecule has 0 bridgehead atoms. The summed E-state index contributed by atoms with van der Waals surface area (Å²) in [5.74, 6) is -1.17. The molecule has 0 radical (unpaired) electrons. The largest absolute Gasteiger partial charge is 0.508 e. The maximum Gasteiger partial charge on any atom is 0.192 e. The van der Waals surface area contributed by atoms with Crippen LogP contribution in [0.1, 0.15) is 23.6 Å². The third-order valence-electron chi connectivity index (χ3n) is 4.48. The number of Topliss-reactive ketones (excluding diaryl/α,β-unsaturated/α-hetero) is 2. The number of hydrogen-bond acceptors (Lipinski definition) is 8. The molecule has 0 amide bonds. The Morgan fingerprint density at radius 3 is 1.76 bits per heavy atom. The first-order chi connectivity index (χ1) is 13.7. The summed E-state index contributed by atoms with van der Waals surface area (Å²) in [6, 6.07) is 1.28. The second-order valence-corrected chi connectivity index (χ2v) is 5.99. The van der Waals surface area contributed by atoms with E-state index in [1.807, 2.05) is 0 Å². The molecule has 0 heterocycles. The smallest absolute Gasteiger partial charge is 0.192 e. The zero-order valence-corrected chi connectivity index (χ0v) is 16.0. The molecule has 156 valence electrons. The number of benzene rings is 1. The number of rotatable bonds is 6. The summed E-state index contributed by atoms with van der Waals surface area (Å²) in [6.45, 7) is 6.42. The van der Waals surface area contributed by atoms with Crippen molar-refractivity contribution in [1.29, 1.82) is 0 Å². The lowest BCUT2D eigenvalue weighted by molar-refractivity contribution is -0.117. The molecule has 8 heteroatoms. The summed E-state index contributed by atoms with van der Waals surface area (Å²) in [7, 11) is 0. The van der Waals surface area contributed by atoms with Gasteiger partial charge < -0.3 is 30.6 Å². The molecular formula is C21H24O8. The molecule has 1 aliphatic carbocycles. The lowest BCUT2D eigenvalue weighted by atomic mass is 9.85. The highest BCUT2D eigenvalue weighted by molar-refractivity contribution is 6.26. The van der Waals surface area contributed by atoms with Gasteiger partial charge in [0.25, 0.3) is 0 Å². The van der Waals surface area contributed by atoms with Gasteiger partial charge in [0.05, 0.1) is 26.4 Å². The molecule has 6 N–H and O–H groups in total. The first-order valence-corrected chi connectivity index (χ1v) is 8.51. The number of aromatic hydroxyl groups is 2.